The molecule has 1 N–H and O–H groups in total. The summed E-state index contributed by atoms with van der Waals surface area (Å²) in [5, 5.41) is 13.3. The maximum atomic E-state index is 14.9. The summed E-state index contributed by atoms with van der Waals surface area (Å²) < 4.78 is 56.5. The molecule has 3 aromatic rings. The van der Waals surface area contributed by atoms with Gasteiger partial charge in [0.05, 0.1) is 32.7 Å². The number of nitrogens with zero attached hydrogens (tertiary/aromatic N) is 2. The molecule has 2 aromatic carbocycles. The van der Waals surface area contributed by atoms with Gasteiger partial charge in [0, 0.05) is 11.5 Å². The van der Waals surface area contributed by atoms with Crippen molar-refractivity contribution in [2.24, 2.45) is 5.41 Å². The Bertz CT molecular complexity index is 1360. The minimum absolute atomic E-state index is 0.00105. The predicted molar refractivity (Wildman–Crippen MR) is 117 cm³/mol. The number of hydrogen-bond donors (Lipinski definition) is 1. The zero-order valence-corrected chi connectivity index (χ0v) is 18.8. The molecule has 10 heteroatoms. The average molecular weight is 495 g/mol. The smallest absolute Gasteiger partial charge is 0.417 e. The van der Waals surface area contributed by atoms with Crippen molar-refractivity contribution in [1.29, 1.82) is 0 Å². The van der Waals surface area contributed by atoms with E-state index in [4.69, 9.17) is 11.6 Å². The van der Waals surface area contributed by atoms with Gasteiger partial charge in [-0.2, -0.15) is 23.0 Å². The number of carboxylic acid groups (broad SMARTS) is 1. The molecule has 1 aliphatic carbocycles. The molecule has 0 saturated heterocycles. The molecule has 0 bridgehead atoms. The van der Waals surface area contributed by atoms with E-state index in [1.165, 1.54) is 24.3 Å². The number of allylic oxidation sites excluding steroid dienone is 1. The second kappa shape index (κ2) is 8.23. The lowest BCUT2D eigenvalue weighted by molar-refractivity contribution is -0.138. The van der Waals surface area contributed by atoms with Crippen LogP contribution in [-0.2, 0) is 11.0 Å². The maximum absolute atomic E-state index is 14.9. The number of rotatable bonds is 3. The molecule has 0 aliphatic heterocycles. The molecule has 5 nitrogen and oxygen atoms in total. The predicted octanol–water partition coefficient (Wildman–Crippen LogP) is 6.45. The third-order valence-corrected chi connectivity index (χ3v) is 6.43. The lowest BCUT2D eigenvalue weighted by atomic mass is 9.70. The Hall–Kier alpha value is -3.20. The van der Waals surface area contributed by atoms with Crippen LogP contribution in [0.2, 0.25) is 5.02 Å². The Morgan fingerprint density at radius 2 is 1.85 bits per heavy atom. The number of alkyl halides is 3. The molecule has 1 aliphatic rings. The number of aliphatic carboxylic acids is 1. The van der Waals surface area contributed by atoms with Gasteiger partial charge in [-0.05, 0) is 42.5 Å². The van der Waals surface area contributed by atoms with Crippen LogP contribution in [0.4, 0.5) is 17.6 Å². The molecule has 0 radical (unpaired) electrons. The van der Waals surface area contributed by atoms with E-state index < -0.39 is 51.4 Å². The number of carbonyl (C=O) groups excluding carboxylic acids is 1. The first-order valence-electron chi connectivity index (χ1n) is 10.3. The molecule has 4 rings (SSSR count). The molecule has 0 spiro atoms. The maximum Gasteiger partial charge on any atom is 0.417 e. The molecule has 0 fully saturated rings. The second-order valence-electron chi connectivity index (χ2n) is 8.84. The standard InChI is InChI=1S/C24H19ClF4N2O3/c1-23(2)11-12(9-10-14(23)22(33)34)20-19-16(26)7-4-8-17(19)31(30-20)21(32)18-13(24(27,28)29)5-3-6-15(18)25/h3-8,10,12H,9,11H2,1-2H3,(H,33,34). The third kappa shape index (κ3) is 3.98. The highest BCUT2D eigenvalue weighted by Gasteiger charge is 2.39. The molecule has 0 amide bonds. The molecule has 1 heterocycles. The molecular weight excluding hydrogens is 476 g/mol. The number of aromatic nitrogens is 2. The van der Waals surface area contributed by atoms with Crippen LogP contribution in [0.5, 0.6) is 0 Å². The third-order valence-electron chi connectivity index (χ3n) is 6.12. The largest absolute Gasteiger partial charge is 0.478 e. The van der Waals surface area contributed by atoms with Crippen molar-refractivity contribution in [3.63, 3.8) is 0 Å². The van der Waals surface area contributed by atoms with E-state index in [0.717, 1.165) is 16.8 Å². The fraction of sp³-hybridized carbons (Fsp3) is 0.292. The topological polar surface area (TPSA) is 72.2 Å². The Morgan fingerprint density at radius 1 is 1.18 bits per heavy atom. The van der Waals surface area contributed by atoms with E-state index in [1.807, 2.05) is 0 Å². The number of benzene rings is 2. The summed E-state index contributed by atoms with van der Waals surface area (Å²) in [6.07, 6.45) is -2.79. The zero-order valence-electron chi connectivity index (χ0n) is 18.1. The molecule has 1 unspecified atom stereocenters. The van der Waals surface area contributed by atoms with Gasteiger partial charge in [-0.1, -0.05) is 43.7 Å². The van der Waals surface area contributed by atoms with Gasteiger partial charge in [-0.3, -0.25) is 4.79 Å². The van der Waals surface area contributed by atoms with E-state index in [0.29, 0.717) is 6.42 Å². The van der Waals surface area contributed by atoms with Gasteiger partial charge < -0.3 is 5.11 Å². The van der Waals surface area contributed by atoms with Crippen LogP contribution in [0.25, 0.3) is 10.9 Å². The van der Waals surface area contributed by atoms with E-state index in [1.54, 1.807) is 19.9 Å². The van der Waals surface area contributed by atoms with E-state index in [9.17, 15) is 32.3 Å². The van der Waals surface area contributed by atoms with E-state index >= 15 is 0 Å². The normalized spacial score (nSPS) is 18.1. The van der Waals surface area contributed by atoms with Gasteiger partial charge in [0.1, 0.15) is 5.82 Å². The fourth-order valence-corrected chi connectivity index (χ4v) is 4.86. The molecule has 0 saturated carbocycles. The van der Waals surface area contributed by atoms with Crippen molar-refractivity contribution in [1.82, 2.24) is 9.78 Å². The van der Waals surface area contributed by atoms with Crippen molar-refractivity contribution >= 4 is 34.4 Å². The first-order valence-corrected chi connectivity index (χ1v) is 10.7. The SMILES string of the molecule is CC1(C)CC(c2nn(C(=O)c3c(Cl)cccc3C(F)(F)F)c3cccc(F)c23)CC=C1C(=O)O. The minimum atomic E-state index is -4.85. The quantitative estimate of drug-likeness (QED) is 0.425. The summed E-state index contributed by atoms with van der Waals surface area (Å²) in [4.78, 5) is 24.9. The Kier molecular flexibility index (Phi) is 5.80. The summed E-state index contributed by atoms with van der Waals surface area (Å²) in [7, 11) is 0. The molecule has 1 atom stereocenters. The molecule has 34 heavy (non-hydrogen) atoms. The number of halogens is 5. The zero-order chi connectivity index (χ0) is 25.0. The average Bonchev–Trinajstić information content (AvgIpc) is 3.12. The molecular formula is C24H19ClF4N2O3. The van der Waals surface area contributed by atoms with Crippen molar-refractivity contribution < 1.29 is 32.3 Å². The van der Waals surface area contributed by atoms with Crippen molar-refractivity contribution in [2.75, 3.05) is 0 Å². The number of fused-ring (bicyclic) bond motifs is 1. The molecule has 178 valence electrons. The van der Waals surface area contributed by atoms with Crippen molar-refractivity contribution in [2.45, 2.75) is 38.8 Å². The fourth-order valence-electron chi connectivity index (χ4n) is 4.61. The Labute approximate surface area is 196 Å². The number of carbonyl (C=O) groups is 2. The Morgan fingerprint density at radius 3 is 2.47 bits per heavy atom. The van der Waals surface area contributed by atoms with Crippen LogP contribution in [0.1, 0.15) is 54.2 Å². The van der Waals surface area contributed by atoms with Gasteiger partial charge in [-0.15, -0.1) is 0 Å². The summed E-state index contributed by atoms with van der Waals surface area (Å²) in [6, 6.07) is 6.89. The van der Waals surface area contributed by atoms with Crippen LogP contribution in [0, 0.1) is 11.2 Å². The van der Waals surface area contributed by atoms with Gasteiger partial charge in [0.25, 0.3) is 5.91 Å². The van der Waals surface area contributed by atoms with Crippen LogP contribution in [0.3, 0.4) is 0 Å². The summed E-state index contributed by atoms with van der Waals surface area (Å²) >= 11 is 6.00. The lowest BCUT2D eigenvalue weighted by Crippen LogP contribution is -2.28. The van der Waals surface area contributed by atoms with Crippen molar-refractivity contribution in [3.8, 4) is 0 Å². The monoisotopic (exact) mass is 494 g/mol. The highest BCUT2D eigenvalue weighted by atomic mass is 35.5. The number of hydrogen-bond acceptors (Lipinski definition) is 3. The highest BCUT2D eigenvalue weighted by molar-refractivity contribution is 6.34. The first-order chi connectivity index (χ1) is 15.8. The second-order valence-corrected chi connectivity index (χ2v) is 9.25. The highest BCUT2D eigenvalue weighted by Crippen LogP contribution is 2.45. The first kappa shape index (κ1) is 23.9. The van der Waals surface area contributed by atoms with E-state index in [2.05, 4.69) is 5.10 Å². The summed E-state index contributed by atoms with van der Waals surface area (Å²) in [6.45, 7) is 3.47. The van der Waals surface area contributed by atoms with Gasteiger partial charge in [0.2, 0.25) is 0 Å². The summed E-state index contributed by atoms with van der Waals surface area (Å²) in [5.41, 5.74) is -2.38. The van der Waals surface area contributed by atoms with Crippen LogP contribution < -0.4 is 0 Å². The molecule has 1 aromatic heterocycles. The summed E-state index contributed by atoms with van der Waals surface area (Å²) in [5.74, 6) is -3.34. The van der Waals surface area contributed by atoms with Crippen LogP contribution >= 0.6 is 11.6 Å². The van der Waals surface area contributed by atoms with Gasteiger partial charge in [0.15, 0.2) is 0 Å². The minimum Gasteiger partial charge on any atom is -0.478 e. The van der Waals surface area contributed by atoms with E-state index in [-0.39, 0.29) is 28.6 Å². The van der Waals surface area contributed by atoms with Gasteiger partial charge in [-0.25, -0.2) is 9.18 Å². The lowest BCUT2D eigenvalue weighted by Gasteiger charge is -2.33. The van der Waals surface area contributed by atoms with Crippen LogP contribution in [0.15, 0.2) is 48.0 Å². The number of carboxylic acids is 1. The Balaban J connectivity index is 1.90. The van der Waals surface area contributed by atoms with Gasteiger partial charge >= 0.3 is 12.1 Å². The van der Waals surface area contributed by atoms with Crippen LogP contribution in [-0.4, -0.2) is 26.8 Å². The van der Waals surface area contributed by atoms with Crippen molar-refractivity contribution in [3.05, 3.63) is 75.7 Å².